The number of nitrogens with one attached hydrogen (secondary N) is 1. The van der Waals surface area contributed by atoms with E-state index in [1.807, 2.05) is 0 Å². The Morgan fingerprint density at radius 1 is 1.25 bits per heavy atom. The van der Waals surface area contributed by atoms with Gasteiger partial charge in [-0.25, -0.2) is 13.1 Å². The van der Waals surface area contributed by atoms with Gasteiger partial charge in [-0.15, -0.1) is 10.2 Å². The number of benzene rings is 1. The lowest BCUT2D eigenvalue weighted by molar-refractivity contribution is 0.588. The second kappa shape index (κ2) is 4.03. The summed E-state index contributed by atoms with van der Waals surface area (Å²) < 4.78 is 27.0. The molecule has 6 nitrogen and oxygen atoms in total. The molecule has 0 spiro atoms. The van der Waals surface area contributed by atoms with Gasteiger partial charge in [-0.3, -0.25) is 4.57 Å². The van der Waals surface area contributed by atoms with Gasteiger partial charge in [0.15, 0.2) is 0 Å². The van der Waals surface area contributed by atoms with Gasteiger partial charge in [-0.2, -0.15) is 0 Å². The third kappa shape index (κ3) is 1.95. The molecular weight excluding hydrogens is 228 g/mol. The topological polar surface area (TPSA) is 76.9 Å². The average Bonchev–Trinajstić information content (AvgIpc) is 2.83. The van der Waals surface area contributed by atoms with E-state index >= 15 is 0 Å². The molecule has 1 N–H and O–H groups in total. The second-order valence-corrected chi connectivity index (χ2v) is 4.96. The van der Waals surface area contributed by atoms with Gasteiger partial charge in [0, 0.05) is 5.69 Å². The minimum Gasteiger partial charge on any atom is -0.288 e. The molecule has 0 saturated carbocycles. The molecular formula is C9H10N4O2S. The summed E-state index contributed by atoms with van der Waals surface area (Å²) in [5, 5.41) is 7.32. The lowest BCUT2D eigenvalue weighted by atomic mass is 10.3. The Labute approximate surface area is 93.0 Å². The molecule has 0 aliphatic heterocycles. The fourth-order valence-corrected chi connectivity index (χ4v) is 2.03. The second-order valence-electron chi connectivity index (χ2n) is 3.07. The fourth-order valence-electron chi connectivity index (χ4n) is 1.26. The number of rotatable bonds is 3. The van der Waals surface area contributed by atoms with Crippen molar-refractivity contribution in [3.8, 4) is 5.69 Å². The molecule has 7 heteroatoms. The van der Waals surface area contributed by atoms with Gasteiger partial charge in [-0.05, 0) is 25.2 Å². The molecule has 84 valence electrons. The molecule has 0 amide bonds. The zero-order valence-electron chi connectivity index (χ0n) is 8.53. The molecule has 0 aliphatic carbocycles. The van der Waals surface area contributed by atoms with Crippen LogP contribution in [0, 0.1) is 0 Å². The first kappa shape index (κ1) is 10.8. The molecule has 0 radical (unpaired) electrons. The lowest BCUT2D eigenvalue weighted by Gasteiger charge is -2.05. The van der Waals surface area contributed by atoms with Gasteiger partial charge in [0.05, 0.1) is 4.90 Å². The van der Waals surface area contributed by atoms with Crippen LogP contribution >= 0.6 is 0 Å². The summed E-state index contributed by atoms with van der Waals surface area (Å²) in [5.74, 6) is 0. The van der Waals surface area contributed by atoms with E-state index in [2.05, 4.69) is 14.9 Å². The van der Waals surface area contributed by atoms with Crippen molar-refractivity contribution in [2.45, 2.75) is 4.90 Å². The molecule has 0 bridgehead atoms. The number of sulfonamides is 1. The molecule has 0 fully saturated rings. The van der Waals surface area contributed by atoms with Crippen LogP contribution in [-0.2, 0) is 10.0 Å². The Morgan fingerprint density at radius 3 is 2.56 bits per heavy atom. The lowest BCUT2D eigenvalue weighted by Crippen LogP contribution is -2.18. The molecule has 0 saturated heterocycles. The average molecular weight is 238 g/mol. The van der Waals surface area contributed by atoms with Crippen molar-refractivity contribution in [3.05, 3.63) is 36.9 Å². The number of hydrogen-bond donors (Lipinski definition) is 1. The first-order valence-electron chi connectivity index (χ1n) is 4.52. The van der Waals surface area contributed by atoms with Crippen molar-refractivity contribution >= 4 is 10.0 Å². The maximum Gasteiger partial charge on any atom is 0.240 e. The molecule has 1 heterocycles. The Morgan fingerprint density at radius 2 is 1.94 bits per heavy atom. The largest absolute Gasteiger partial charge is 0.288 e. The van der Waals surface area contributed by atoms with Crippen molar-refractivity contribution in [1.82, 2.24) is 19.5 Å². The Bertz CT molecular complexity index is 577. The Kier molecular flexibility index (Phi) is 2.71. The number of aromatic nitrogens is 3. The summed E-state index contributed by atoms with van der Waals surface area (Å²) in [5.41, 5.74) is 0.696. The van der Waals surface area contributed by atoms with Crippen molar-refractivity contribution < 1.29 is 8.42 Å². The first-order chi connectivity index (χ1) is 7.63. The van der Waals surface area contributed by atoms with Crippen LogP contribution in [0.25, 0.3) is 5.69 Å². The van der Waals surface area contributed by atoms with Crippen molar-refractivity contribution in [2.75, 3.05) is 7.05 Å². The summed E-state index contributed by atoms with van der Waals surface area (Å²) in [6.07, 6.45) is 3.01. The third-order valence-electron chi connectivity index (χ3n) is 2.11. The molecule has 0 unspecified atom stereocenters. The Hall–Kier alpha value is -1.73. The quantitative estimate of drug-likeness (QED) is 0.827. The van der Waals surface area contributed by atoms with Gasteiger partial charge in [0.1, 0.15) is 12.7 Å². The minimum absolute atomic E-state index is 0.209. The number of nitrogens with zero attached hydrogens (tertiary/aromatic N) is 3. The van der Waals surface area contributed by atoms with E-state index in [1.54, 1.807) is 22.8 Å². The SMILES string of the molecule is CNS(=O)(=O)c1cccc(-n2cnnc2)c1. The van der Waals surface area contributed by atoms with Crippen LogP contribution in [0.15, 0.2) is 41.8 Å². The molecule has 16 heavy (non-hydrogen) atoms. The molecule has 1 aromatic heterocycles. The highest BCUT2D eigenvalue weighted by molar-refractivity contribution is 7.89. The predicted octanol–water partition coefficient (Wildman–Crippen LogP) is 0.175. The van der Waals surface area contributed by atoms with Gasteiger partial charge < -0.3 is 0 Å². The molecule has 2 rings (SSSR count). The van der Waals surface area contributed by atoms with Crippen LogP contribution in [0.5, 0.6) is 0 Å². The van der Waals surface area contributed by atoms with Gasteiger partial charge in [-0.1, -0.05) is 6.07 Å². The first-order valence-corrected chi connectivity index (χ1v) is 6.00. The highest BCUT2D eigenvalue weighted by atomic mass is 32.2. The van der Waals surface area contributed by atoms with Crippen molar-refractivity contribution in [1.29, 1.82) is 0 Å². The highest BCUT2D eigenvalue weighted by Crippen LogP contribution is 2.13. The summed E-state index contributed by atoms with van der Waals surface area (Å²) in [7, 11) is -2.04. The van der Waals surface area contributed by atoms with Crippen molar-refractivity contribution in [2.24, 2.45) is 0 Å². The minimum atomic E-state index is -3.42. The fraction of sp³-hybridized carbons (Fsp3) is 0.111. The van der Waals surface area contributed by atoms with Gasteiger partial charge >= 0.3 is 0 Å². The standard InChI is InChI=1S/C9H10N4O2S/c1-10-16(14,15)9-4-2-3-8(5-9)13-6-11-12-7-13/h2-7,10H,1H3. The van der Waals surface area contributed by atoms with Gasteiger partial charge in [0.2, 0.25) is 10.0 Å². The van der Waals surface area contributed by atoms with E-state index in [4.69, 9.17) is 0 Å². The zero-order chi connectivity index (χ0) is 11.6. The molecule has 1 aromatic carbocycles. The summed E-state index contributed by atoms with van der Waals surface area (Å²) in [6.45, 7) is 0. The van der Waals surface area contributed by atoms with E-state index in [0.29, 0.717) is 5.69 Å². The Balaban J connectivity index is 2.50. The van der Waals surface area contributed by atoms with Crippen LogP contribution in [0.4, 0.5) is 0 Å². The maximum absolute atomic E-state index is 11.6. The van der Waals surface area contributed by atoms with Crippen molar-refractivity contribution in [3.63, 3.8) is 0 Å². The van der Waals surface area contributed by atoms with Crippen LogP contribution < -0.4 is 4.72 Å². The molecule has 0 aliphatic rings. The monoisotopic (exact) mass is 238 g/mol. The highest BCUT2D eigenvalue weighted by Gasteiger charge is 2.11. The summed E-state index contributed by atoms with van der Waals surface area (Å²) in [4.78, 5) is 0.209. The van der Waals surface area contributed by atoms with E-state index in [0.717, 1.165) is 0 Å². The molecule has 0 atom stereocenters. The van der Waals surface area contributed by atoms with Crippen LogP contribution in [0.1, 0.15) is 0 Å². The summed E-state index contributed by atoms with van der Waals surface area (Å²) >= 11 is 0. The van der Waals surface area contributed by atoms with Crippen LogP contribution in [0.3, 0.4) is 0 Å². The zero-order valence-corrected chi connectivity index (χ0v) is 9.35. The van der Waals surface area contributed by atoms with E-state index in [9.17, 15) is 8.42 Å². The normalized spacial score (nSPS) is 11.6. The third-order valence-corrected chi connectivity index (χ3v) is 3.53. The summed E-state index contributed by atoms with van der Waals surface area (Å²) in [6, 6.07) is 6.52. The number of hydrogen-bond acceptors (Lipinski definition) is 4. The van der Waals surface area contributed by atoms with E-state index < -0.39 is 10.0 Å². The van der Waals surface area contributed by atoms with Gasteiger partial charge in [0.25, 0.3) is 0 Å². The maximum atomic E-state index is 11.6. The molecule has 2 aromatic rings. The van der Waals surface area contributed by atoms with Crippen LogP contribution in [0.2, 0.25) is 0 Å². The van der Waals surface area contributed by atoms with E-state index in [-0.39, 0.29) is 4.90 Å². The van der Waals surface area contributed by atoms with Crippen LogP contribution in [-0.4, -0.2) is 30.2 Å². The van der Waals surface area contributed by atoms with E-state index in [1.165, 1.54) is 25.8 Å². The smallest absolute Gasteiger partial charge is 0.240 e. The predicted molar refractivity (Wildman–Crippen MR) is 57.6 cm³/mol.